The van der Waals surface area contributed by atoms with E-state index < -0.39 is 11.6 Å². The first-order valence-electron chi connectivity index (χ1n) is 6.81. The van der Waals surface area contributed by atoms with Gasteiger partial charge in [-0.25, -0.2) is 8.78 Å². The smallest absolute Gasteiger partial charge is 0.126 e. The van der Waals surface area contributed by atoms with Crippen LogP contribution in [0.4, 0.5) is 8.78 Å². The number of piperidine rings is 1. The first kappa shape index (κ1) is 14.4. The second kappa shape index (κ2) is 5.55. The number of nitrogens with zero attached hydrogens (tertiary/aromatic N) is 1. The van der Waals surface area contributed by atoms with E-state index in [-0.39, 0.29) is 6.04 Å². The Hall–Kier alpha value is -1.00. The van der Waals surface area contributed by atoms with Crippen molar-refractivity contribution < 1.29 is 8.78 Å². The molecule has 2 rings (SSSR count). The van der Waals surface area contributed by atoms with Crippen molar-refractivity contribution in [2.45, 2.75) is 32.7 Å². The molecule has 0 bridgehead atoms. The average Bonchev–Trinajstić information content (AvgIpc) is 2.31. The fraction of sp³-hybridized carbons (Fsp3) is 0.600. The molecule has 0 aromatic heterocycles. The minimum Gasteiger partial charge on any atom is -0.329 e. The molecule has 0 amide bonds. The van der Waals surface area contributed by atoms with Crippen LogP contribution in [0.25, 0.3) is 0 Å². The maximum absolute atomic E-state index is 13.3. The number of rotatable bonds is 3. The summed E-state index contributed by atoms with van der Waals surface area (Å²) in [6, 6.07) is 3.58. The van der Waals surface area contributed by atoms with Crippen molar-refractivity contribution in [2.24, 2.45) is 11.1 Å². The molecule has 1 aromatic carbocycles. The molecule has 1 fully saturated rings. The van der Waals surface area contributed by atoms with E-state index in [1.54, 1.807) is 0 Å². The Morgan fingerprint density at radius 2 is 1.68 bits per heavy atom. The van der Waals surface area contributed by atoms with E-state index in [9.17, 15) is 8.78 Å². The van der Waals surface area contributed by atoms with Crippen LogP contribution in [-0.2, 0) is 0 Å². The van der Waals surface area contributed by atoms with Crippen LogP contribution in [0.5, 0.6) is 0 Å². The molecule has 4 heteroatoms. The van der Waals surface area contributed by atoms with E-state index in [0.29, 0.717) is 17.5 Å². The normalized spacial score (nSPS) is 21.3. The summed E-state index contributed by atoms with van der Waals surface area (Å²) in [4.78, 5) is 2.24. The predicted octanol–water partition coefficient (Wildman–Crippen LogP) is 3.09. The zero-order valence-electron chi connectivity index (χ0n) is 11.6. The predicted molar refractivity (Wildman–Crippen MR) is 72.7 cm³/mol. The van der Waals surface area contributed by atoms with Gasteiger partial charge in [-0.05, 0) is 49.0 Å². The lowest BCUT2D eigenvalue weighted by atomic mass is 9.82. The Kier molecular flexibility index (Phi) is 4.21. The lowest BCUT2D eigenvalue weighted by Gasteiger charge is -2.41. The van der Waals surface area contributed by atoms with Gasteiger partial charge in [0, 0.05) is 18.7 Å². The average molecular weight is 268 g/mol. The Balaban J connectivity index is 2.16. The highest BCUT2D eigenvalue weighted by Crippen LogP contribution is 2.33. The fourth-order valence-corrected chi connectivity index (χ4v) is 2.70. The molecule has 2 N–H and O–H groups in total. The third kappa shape index (κ3) is 3.51. The van der Waals surface area contributed by atoms with Gasteiger partial charge in [-0.2, -0.15) is 0 Å². The van der Waals surface area contributed by atoms with Crippen LogP contribution < -0.4 is 5.73 Å². The summed E-state index contributed by atoms with van der Waals surface area (Å²) in [7, 11) is 0. The highest BCUT2D eigenvalue weighted by Gasteiger charge is 2.29. The number of likely N-dealkylation sites (tertiary alicyclic amines) is 1. The molecule has 0 aliphatic carbocycles. The zero-order valence-corrected chi connectivity index (χ0v) is 11.6. The summed E-state index contributed by atoms with van der Waals surface area (Å²) in [6.45, 7) is 6.73. The van der Waals surface area contributed by atoms with E-state index in [4.69, 9.17) is 5.73 Å². The number of benzene rings is 1. The van der Waals surface area contributed by atoms with E-state index in [0.717, 1.165) is 32.0 Å². The maximum Gasteiger partial charge on any atom is 0.126 e. The van der Waals surface area contributed by atoms with Gasteiger partial charge in [0.1, 0.15) is 11.6 Å². The van der Waals surface area contributed by atoms with Crippen molar-refractivity contribution in [3.8, 4) is 0 Å². The second-order valence-electron chi connectivity index (χ2n) is 6.15. The molecule has 1 unspecified atom stereocenters. The quantitative estimate of drug-likeness (QED) is 0.912. The largest absolute Gasteiger partial charge is 0.329 e. The molecule has 0 spiro atoms. The standard InChI is InChI=1S/C15H22F2N2/c1-15(2)3-5-19(6-4-15)14(10-18)11-7-12(16)9-13(17)8-11/h7-9,14H,3-6,10,18H2,1-2H3. The molecule has 19 heavy (non-hydrogen) atoms. The van der Waals surface area contributed by atoms with E-state index in [1.807, 2.05) is 0 Å². The van der Waals surface area contributed by atoms with Gasteiger partial charge in [0.2, 0.25) is 0 Å². The number of nitrogens with two attached hydrogens (primary N) is 1. The van der Waals surface area contributed by atoms with Crippen LogP contribution in [-0.4, -0.2) is 24.5 Å². The molecule has 1 aliphatic heterocycles. The molecule has 1 heterocycles. The Bertz CT molecular complexity index is 416. The third-order valence-electron chi connectivity index (χ3n) is 4.09. The summed E-state index contributed by atoms with van der Waals surface area (Å²) in [6.07, 6.45) is 2.17. The van der Waals surface area contributed by atoms with Gasteiger partial charge in [0.15, 0.2) is 0 Å². The molecule has 106 valence electrons. The minimum atomic E-state index is -0.536. The maximum atomic E-state index is 13.3. The SMILES string of the molecule is CC1(C)CCN(C(CN)c2cc(F)cc(F)c2)CC1. The van der Waals surface area contributed by atoms with E-state index in [1.165, 1.54) is 12.1 Å². The molecule has 0 saturated carbocycles. The molecule has 1 aromatic rings. The minimum absolute atomic E-state index is 0.0960. The van der Waals surface area contributed by atoms with Crippen LogP contribution in [0.3, 0.4) is 0 Å². The number of halogens is 2. The van der Waals surface area contributed by atoms with E-state index in [2.05, 4.69) is 18.7 Å². The second-order valence-corrected chi connectivity index (χ2v) is 6.15. The van der Waals surface area contributed by atoms with Gasteiger partial charge in [0.25, 0.3) is 0 Å². The Morgan fingerprint density at radius 3 is 2.16 bits per heavy atom. The van der Waals surface area contributed by atoms with Gasteiger partial charge in [-0.15, -0.1) is 0 Å². The van der Waals surface area contributed by atoms with Gasteiger partial charge in [-0.3, -0.25) is 4.90 Å². The van der Waals surface area contributed by atoms with Crippen molar-refractivity contribution in [1.29, 1.82) is 0 Å². The summed E-state index contributed by atoms with van der Waals surface area (Å²) >= 11 is 0. The lowest BCUT2D eigenvalue weighted by molar-refractivity contribution is 0.0961. The Morgan fingerprint density at radius 1 is 1.16 bits per heavy atom. The molecule has 0 radical (unpaired) electrons. The Labute approximate surface area is 113 Å². The first-order valence-corrected chi connectivity index (χ1v) is 6.81. The van der Waals surface area contributed by atoms with Crippen LogP contribution in [0.2, 0.25) is 0 Å². The van der Waals surface area contributed by atoms with Crippen LogP contribution in [0, 0.1) is 17.0 Å². The number of hydrogen-bond donors (Lipinski definition) is 1. The third-order valence-corrected chi connectivity index (χ3v) is 4.09. The van der Waals surface area contributed by atoms with Gasteiger partial charge >= 0.3 is 0 Å². The highest BCUT2D eigenvalue weighted by atomic mass is 19.1. The van der Waals surface area contributed by atoms with Crippen molar-refractivity contribution >= 4 is 0 Å². The summed E-state index contributed by atoms with van der Waals surface area (Å²) in [5, 5.41) is 0. The highest BCUT2D eigenvalue weighted by molar-refractivity contribution is 5.22. The van der Waals surface area contributed by atoms with Crippen molar-refractivity contribution in [3.63, 3.8) is 0 Å². The topological polar surface area (TPSA) is 29.3 Å². The first-order chi connectivity index (χ1) is 8.91. The summed E-state index contributed by atoms with van der Waals surface area (Å²) in [5.74, 6) is -1.07. The van der Waals surface area contributed by atoms with Crippen LogP contribution in [0.1, 0.15) is 38.3 Å². The summed E-state index contributed by atoms with van der Waals surface area (Å²) in [5.41, 5.74) is 6.81. The summed E-state index contributed by atoms with van der Waals surface area (Å²) < 4.78 is 26.6. The molecule has 1 aliphatic rings. The molecule has 1 atom stereocenters. The van der Waals surface area contributed by atoms with Crippen molar-refractivity contribution in [3.05, 3.63) is 35.4 Å². The molecule has 2 nitrogen and oxygen atoms in total. The van der Waals surface area contributed by atoms with Crippen LogP contribution in [0.15, 0.2) is 18.2 Å². The van der Waals surface area contributed by atoms with Gasteiger partial charge < -0.3 is 5.73 Å². The number of hydrogen-bond acceptors (Lipinski definition) is 2. The molecule has 1 saturated heterocycles. The lowest BCUT2D eigenvalue weighted by Crippen LogP contribution is -2.42. The van der Waals surface area contributed by atoms with Crippen molar-refractivity contribution in [2.75, 3.05) is 19.6 Å². The van der Waals surface area contributed by atoms with E-state index >= 15 is 0 Å². The zero-order chi connectivity index (χ0) is 14.0. The fourth-order valence-electron chi connectivity index (χ4n) is 2.70. The van der Waals surface area contributed by atoms with Gasteiger partial charge in [0.05, 0.1) is 0 Å². The molecular weight excluding hydrogens is 246 g/mol. The molecular formula is C15H22F2N2. The monoisotopic (exact) mass is 268 g/mol. The van der Waals surface area contributed by atoms with Crippen molar-refractivity contribution in [1.82, 2.24) is 4.90 Å². The van der Waals surface area contributed by atoms with Crippen LogP contribution >= 0.6 is 0 Å². The van der Waals surface area contributed by atoms with Gasteiger partial charge in [-0.1, -0.05) is 13.8 Å².